The molecule has 1 aromatic heterocycles. The van der Waals surface area contributed by atoms with Crippen molar-refractivity contribution in [3.8, 4) is 0 Å². The van der Waals surface area contributed by atoms with Gasteiger partial charge >= 0.3 is 6.18 Å². The van der Waals surface area contributed by atoms with E-state index >= 15 is 0 Å². The lowest BCUT2D eigenvalue weighted by molar-refractivity contribution is -0.141. The molecule has 0 aliphatic rings. The van der Waals surface area contributed by atoms with Gasteiger partial charge in [0.2, 0.25) is 5.91 Å². The highest BCUT2D eigenvalue weighted by Gasteiger charge is 2.32. The number of nitrogens with one attached hydrogen (secondary N) is 1. The molecule has 0 aliphatic heterocycles. The second-order valence-corrected chi connectivity index (χ2v) is 8.24. The van der Waals surface area contributed by atoms with Crippen LogP contribution in [0.25, 0.3) is 0 Å². The molecular formula is C23H20F3N4O4S-. The quantitative estimate of drug-likeness (QED) is 0.432. The van der Waals surface area contributed by atoms with Crippen LogP contribution in [0.4, 0.5) is 18.9 Å². The highest BCUT2D eigenvalue weighted by molar-refractivity contribution is 7.80. The average Bonchev–Trinajstić information content (AvgIpc) is 2.82. The Kier molecular flexibility index (Phi) is 8.20. The molecule has 0 fully saturated rings. The number of anilines is 1. The van der Waals surface area contributed by atoms with Gasteiger partial charge in [0.25, 0.3) is 5.91 Å². The summed E-state index contributed by atoms with van der Waals surface area (Å²) in [7, 11) is 0. The number of pyridine rings is 1. The summed E-state index contributed by atoms with van der Waals surface area (Å²) in [5, 5.41) is 2.57. The molecule has 3 rings (SSSR count). The van der Waals surface area contributed by atoms with Crippen LogP contribution in [0.5, 0.6) is 0 Å². The summed E-state index contributed by atoms with van der Waals surface area (Å²) in [4.78, 5) is 27.3. The maximum Gasteiger partial charge on any atom is 0.433 e. The molecular weight excluding hydrogens is 485 g/mol. The van der Waals surface area contributed by atoms with Crippen LogP contribution >= 0.6 is 0 Å². The molecule has 1 unspecified atom stereocenters. The summed E-state index contributed by atoms with van der Waals surface area (Å²) in [6.45, 7) is -0.00539. The number of amides is 2. The van der Waals surface area contributed by atoms with Crippen molar-refractivity contribution in [2.45, 2.75) is 19.1 Å². The molecule has 0 spiro atoms. The fraction of sp³-hybridized carbons (Fsp3) is 0.174. The number of benzene rings is 2. The highest BCUT2D eigenvalue weighted by Crippen LogP contribution is 2.27. The molecule has 2 amide bonds. The molecule has 3 N–H and O–H groups in total. The summed E-state index contributed by atoms with van der Waals surface area (Å²) >= 11 is -2.62. The van der Waals surface area contributed by atoms with Crippen LogP contribution in [0.1, 0.15) is 37.5 Å². The zero-order valence-corrected chi connectivity index (χ0v) is 18.9. The number of carbonyl (C=O) groups excluding carboxylic acids is 2. The lowest BCUT2D eigenvalue weighted by atomic mass is 10.0. The average molecular weight is 505 g/mol. The van der Waals surface area contributed by atoms with Gasteiger partial charge in [0, 0.05) is 47.4 Å². The third kappa shape index (κ3) is 6.87. The molecule has 0 saturated heterocycles. The minimum atomic E-state index is -4.55. The second-order valence-electron chi connectivity index (χ2n) is 7.37. The van der Waals surface area contributed by atoms with E-state index in [-0.39, 0.29) is 25.1 Å². The van der Waals surface area contributed by atoms with Gasteiger partial charge in [-0.05, 0) is 53.9 Å². The van der Waals surface area contributed by atoms with Gasteiger partial charge in [-0.15, -0.1) is 0 Å². The summed E-state index contributed by atoms with van der Waals surface area (Å²) < 4.78 is 62.4. The summed E-state index contributed by atoms with van der Waals surface area (Å²) in [5.41, 5.74) is 6.15. The van der Waals surface area contributed by atoms with E-state index in [1.54, 1.807) is 24.3 Å². The SMILES string of the molecule is NC(=O)c1ccccc1CCN(c1ccc(C(=O)NCc2ccc(C(F)(F)F)nc2)cc1)S(=O)[O-]. The Morgan fingerprint density at radius 3 is 2.31 bits per heavy atom. The third-order valence-corrected chi connectivity index (χ3v) is 5.79. The van der Waals surface area contributed by atoms with Gasteiger partial charge < -0.3 is 19.9 Å². The number of nitrogens with two attached hydrogens (primary N) is 1. The Morgan fingerprint density at radius 1 is 1.06 bits per heavy atom. The fourth-order valence-electron chi connectivity index (χ4n) is 3.25. The zero-order valence-electron chi connectivity index (χ0n) is 18.1. The third-order valence-electron chi connectivity index (χ3n) is 5.03. The smallest absolute Gasteiger partial charge is 0.433 e. The van der Waals surface area contributed by atoms with Gasteiger partial charge in [0.05, 0.1) is 0 Å². The van der Waals surface area contributed by atoms with Crippen molar-refractivity contribution in [2.24, 2.45) is 5.73 Å². The lowest BCUT2D eigenvalue weighted by Crippen LogP contribution is -2.28. The standard InChI is InChI=1S/C23H21F3N4O4S/c24-23(25,26)20-10-5-15(13-28-20)14-29-22(32)17-6-8-18(9-7-17)30(35(33)34)12-11-16-3-1-2-4-19(16)21(27)31/h1-10,13H,11-12,14H2,(H2,27,31)(H,29,32)(H,33,34)/p-1. The van der Waals surface area contributed by atoms with Crippen LogP contribution in [-0.2, 0) is 30.4 Å². The number of alkyl halides is 3. The number of rotatable bonds is 9. The van der Waals surface area contributed by atoms with Crippen molar-refractivity contribution < 1.29 is 31.5 Å². The van der Waals surface area contributed by atoms with Crippen LogP contribution < -0.4 is 15.4 Å². The molecule has 12 heteroatoms. The Morgan fingerprint density at radius 2 is 1.74 bits per heavy atom. The molecule has 1 heterocycles. The normalized spacial score (nSPS) is 12.1. The molecule has 0 bridgehead atoms. The summed E-state index contributed by atoms with van der Waals surface area (Å²) in [5.74, 6) is -1.11. The predicted molar refractivity (Wildman–Crippen MR) is 122 cm³/mol. The van der Waals surface area contributed by atoms with Gasteiger partial charge in [0.15, 0.2) is 0 Å². The molecule has 184 valence electrons. The van der Waals surface area contributed by atoms with Crippen molar-refractivity contribution in [1.29, 1.82) is 0 Å². The molecule has 0 radical (unpaired) electrons. The maximum atomic E-state index is 12.6. The Balaban J connectivity index is 1.63. The molecule has 3 aromatic rings. The van der Waals surface area contributed by atoms with Crippen LogP contribution in [0.2, 0.25) is 0 Å². The lowest BCUT2D eigenvalue weighted by Gasteiger charge is -2.26. The monoisotopic (exact) mass is 505 g/mol. The van der Waals surface area contributed by atoms with Crippen molar-refractivity contribution in [1.82, 2.24) is 10.3 Å². The van der Waals surface area contributed by atoms with Gasteiger partial charge in [-0.3, -0.25) is 18.8 Å². The van der Waals surface area contributed by atoms with Gasteiger partial charge in [-0.1, -0.05) is 24.3 Å². The van der Waals surface area contributed by atoms with Crippen molar-refractivity contribution in [3.05, 3.63) is 94.8 Å². The van der Waals surface area contributed by atoms with Gasteiger partial charge in [-0.25, -0.2) is 0 Å². The van der Waals surface area contributed by atoms with E-state index in [2.05, 4.69) is 10.3 Å². The minimum absolute atomic E-state index is 0.0346. The van der Waals surface area contributed by atoms with E-state index in [1.807, 2.05) is 0 Å². The number of halogens is 3. The highest BCUT2D eigenvalue weighted by atomic mass is 32.2. The summed E-state index contributed by atoms with van der Waals surface area (Å²) in [6.07, 6.45) is -3.28. The molecule has 2 aromatic carbocycles. The number of nitrogens with zero attached hydrogens (tertiary/aromatic N) is 2. The number of carbonyl (C=O) groups is 2. The van der Waals surface area contributed by atoms with Crippen molar-refractivity contribution in [3.63, 3.8) is 0 Å². The zero-order chi connectivity index (χ0) is 25.6. The number of hydrogen-bond acceptors (Lipinski definition) is 5. The topological polar surface area (TPSA) is 128 Å². The fourth-order valence-corrected chi connectivity index (χ4v) is 3.78. The maximum absolute atomic E-state index is 12.6. The largest absolute Gasteiger partial charge is 0.755 e. The molecule has 0 saturated carbocycles. The van der Waals surface area contributed by atoms with E-state index in [9.17, 15) is 31.5 Å². The minimum Gasteiger partial charge on any atom is -0.755 e. The first kappa shape index (κ1) is 25.8. The van der Waals surface area contributed by atoms with E-state index in [1.165, 1.54) is 30.3 Å². The number of primary amides is 1. The van der Waals surface area contributed by atoms with Crippen LogP contribution in [0.3, 0.4) is 0 Å². The first-order valence-electron chi connectivity index (χ1n) is 10.2. The number of aromatic nitrogens is 1. The van der Waals surface area contributed by atoms with Crippen LogP contribution in [0, 0.1) is 0 Å². The molecule has 8 nitrogen and oxygen atoms in total. The second kappa shape index (κ2) is 11.1. The van der Waals surface area contributed by atoms with Gasteiger partial charge in [-0.2, -0.15) is 13.2 Å². The van der Waals surface area contributed by atoms with Crippen LogP contribution in [-0.4, -0.2) is 32.1 Å². The first-order chi connectivity index (χ1) is 16.6. The van der Waals surface area contributed by atoms with E-state index < -0.39 is 35.0 Å². The molecule has 35 heavy (non-hydrogen) atoms. The number of hydrogen-bond donors (Lipinski definition) is 2. The van der Waals surface area contributed by atoms with Crippen molar-refractivity contribution in [2.75, 3.05) is 10.8 Å². The molecule has 1 atom stereocenters. The van der Waals surface area contributed by atoms with E-state index in [0.29, 0.717) is 22.4 Å². The van der Waals surface area contributed by atoms with Crippen molar-refractivity contribution >= 4 is 28.8 Å². The van der Waals surface area contributed by atoms with Gasteiger partial charge in [0.1, 0.15) is 5.69 Å². The Labute approximate surface area is 201 Å². The Bertz CT molecular complexity index is 1220. The Hall–Kier alpha value is -3.77. The van der Waals surface area contributed by atoms with Crippen LogP contribution in [0.15, 0.2) is 66.9 Å². The van der Waals surface area contributed by atoms with E-state index in [4.69, 9.17) is 5.73 Å². The predicted octanol–water partition coefficient (Wildman–Crippen LogP) is 2.97. The summed E-state index contributed by atoms with van der Waals surface area (Å²) in [6, 6.07) is 14.4. The molecule has 0 aliphatic carbocycles. The van der Waals surface area contributed by atoms with E-state index in [0.717, 1.165) is 16.6 Å². The first-order valence-corrected chi connectivity index (χ1v) is 11.2.